The maximum absolute atomic E-state index is 13.4. The Kier molecular flexibility index (Phi) is 8.45. The highest BCUT2D eigenvalue weighted by Crippen LogP contribution is 2.40. The van der Waals surface area contributed by atoms with Crippen molar-refractivity contribution in [2.45, 2.75) is 25.2 Å². The number of benzene rings is 2. The van der Waals surface area contributed by atoms with Gasteiger partial charge in [0.25, 0.3) is 5.91 Å². The lowest BCUT2D eigenvalue weighted by Gasteiger charge is -2.23. The molecule has 1 heterocycles. The van der Waals surface area contributed by atoms with Crippen molar-refractivity contribution >= 4 is 41.6 Å². The maximum Gasteiger partial charge on any atom is 0.254 e. The highest BCUT2D eigenvalue weighted by atomic mass is 35.5. The van der Waals surface area contributed by atoms with E-state index in [-0.39, 0.29) is 30.7 Å². The Labute approximate surface area is 184 Å². The summed E-state index contributed by atoms with van der Waals surface area (Å²) in [6.45, 7) is 1.68. The van der Waals surface area contributed by atoms with Crippen LogP contribution < -0.4 is 5.73 Å². The third kappa shape index (κ3) is 5.47. The highest BCUT2D eigenvalue weighted by Gasteiger charge is 2.27. The molecule has 6 heteroatoms. The molecule has 1 aromatic heterocycles. The topological polar surface area (TPSA) is 59.2 Å². The first-order valence-corrected chi connectivity index (χ1v) is 9.69. The van der Waals surface area contributed by atoms with Crippen molar-refractivity contribution in [2.24, 2.45) is 5.73 Å². The second-order valence-corrected chi connectivity index (χ2v) is 7.20. The van der Waals surface area contributed by atoms with E-state index in [4.69, 9.17) is 10.7 Å². The second-order valence-electron chi connectivity index (χ2n) is 7.20. The number of carbonyl (C=O) groups is 1. The fourth-order valence-corrected chi connectivity index (χ4v) is 3.51. The number of nitrogens with two attached hydrogens (primary N) is 1. The van der Waals surface area contributed by atoms with Gasteiger partial charge in [0.1, 0.15) is 0 Å². The van der Waals surface area contributed by atoms with E-state index < -0.39 is 0 Å². The van der Waals surface area contributed by atoms with E-state index in [1.54, 1.807) is 0 Å². The predicted octanol–water partition coefficient (Wildman–Crippen LogP) is 4.60. The number of nitrogens with zero attached hydrogens (tertiary/aromatic N) is 2. The van der Waals surface area contributed by atoms with Gasteiger partial charge in [-0.05, 0) is 37.0 Å². The normalized spacial score (nSPS) is 12.7. The first-order valence-electron chi connectivity index (χ1n) is 9.69. The zero-order valence-electron chi connectivity index (χ0n) is 16.3. The Morgan fingerprint density at radius 1 is 1.00 bits per heavy atom. The lowest BCUT2D eigenvalue weighted by atomic mass is 10.0. The molecular weight excluding hydrogens is 405 g/mol. The van der Waals surface area contributed by atoms with Crippen molar-refractivity contribution in [3.8, 4) is 0 Å². The fraction of sp³-hybridized carbons (Fsp3) is 0.304. The van der Waals surface area contributed by atoms with Crippen LogP contribution in [0.1, 0.15) is 40.4 Å². The number of para-hydroxylation sites is 1. The molecule has 2 N–H and O–H groups in total. The van der Waals surface area contributed by atoms with Gasteiger partial charge in [0, 0.05) is 36.6 Å². The summed E-state index contributed by atoms with van der Waals surface area (Å²) >= 11 is 0. The number of aromatic nitrogens is 1. The number of halogens is 2. The minimum atomic E-state index is 0. The Morgan fingerprint density at radius 2 is 1.69 bits per heavy atom. The molecule has 2 aromatic carbocycles. The van der Waals surface area contributed by atoms with Crippen LogP contribution in [0, 0.1) is 0 Å². The van der Waals surface area contributed by atoms with Crippen LogP contribution in [-0.4, -0.2) is 35.4 Å². The molecule has 0 atom stereocenters. The van der Waals surface area contributed by atoms with Gasteiger partial charge in [0.15, 0.2) is 0 Å². The standard InChI is InChI=1S/C23H25N3O.2ClH/c24-13-15-26(14-12-17-6-2-1-3-7-17)23(27)20-16-22(18-10-11-18)25-21-9-5-4-8-19(20)21;;/h1-9,16,18H,10-15,24H2;2*1H. The average Bonchev–Trinajstić information content (AvgIpc) is 3.56. The number of fused-ring (bicyclic) bond motifs is 1. The number of rotatable bonds is 7. The van der Waals surface area contributed by atoms with Crippen molar-refractivity contribution in [3.05, 3.63) is 77.5 Å². The molecule has 0 spiro atoms. The van der Waals surface area contributed by atoms with Crippen LogP contribution in [0.15, 0.2) is 60.7 Å². The molecule has 0 bridgehead atoms. The smallest absolute Gasteiger partial charge is 0.254 e. The molecule has 0 saturated heterocycles. The summed E-state index contributed by atoms with van der Waals surface area (Å²) in [7, 11) is 0. The van der Waals surface area contributed by atoms with Gasteiger partial charge in [-0.15, -0.1) is 24.8 Å². The molecule has 0 radical (unpaired) electrons. The van der Waals surface area contributed by atoms with Crippen molar-refractivity contribution in [1.82, 2.24) is 9.88 Å². The van der Waals surface area contributed by atoms with Gasteiger partial charge in [-0.2, -0.15) is 0 Å². The van der Waals surface area contributed by atoms with Crippen molar-refractivity contribution in [1.29, 1.82) is 0 Å². The number of hydrogen-bond donors (Lipinski definition) is 1. The van der Waals surface area contributed by atoms with Gasteiger partial charge in [-0.25, -0.2) is 0 Å². The molecule has 3 aromatic rings. The SMILES string of the molecule is Cl.Cl.NCCN(CCc1ccccc1)C(=O)c1cc(C2CC2)nc2ccccc12. The van der Waals surface area contributed by atoms with Gasteiger partial charge >= 0.3 is 0 Å². The van der Waals surface area contributed by atoms with Crippen molar-refractivity contribution < 1.29 is 4.79 Å². The molecule has 154 valence electrons. The van der Waals surface area contributed by atoms with Gasteiger partial charge in [-0.3, -0.25) is 9.78 Å². The number of pyridine rings is 1. The summed E-state index contributed by atoms with van der Waals surface area (Å²) < 4.78 is 0. The molecule has 29 heavy (non-hydrogen) atoms. The Morgan fingerprint density at radius 3 is 2.38 bits per heavy atom. The van der Waals surface area contributed by atoms with Crippen molar-refractivity contribution in [2.75, 3.05) is 19.6 Å². The van der Waals surface area contributed by atoms with E-state index in [0.717, 1.165) is 28.6 Å². The second kappa shape index (κ2) is 10.6. The summed E-state index contributed by atoms with van der Waals surface area (Å²) in [5, 5.41) is 0.925. The molecule has 1 fully saturated rings. The van der Waals surface area contributed by atoms with Crippen LogP contribution in [-0.2, 0) is 6.42 Å². The third-order valence-corrected chi connectivity index (χ3v) is 5.16. The van der Waals surface area contributed by atoms with Gasteiger partial charge < -0.3 is 10.6 Å². The first-order chi connectivity index (χ1) is 13.3. The van der Waals surface area contributed by atoms with Gasteiger partial charge in [-0.1, -0.05) is 48.5 Å². The largest absolute Gasteiger partial charge is 0.337 e. The molecule has 0 aliphatic heterocycles. The van der Waals surface area contributed by atoms with Crippen LogP contribution in [0.5, 0.6) is 0 Å². The van der Waals surface area contributed by atoms with E-state index in [1.807, 2.05) is 53.4 Å². The molecular formula is C23H27Cl2N3O. The molecule has 4 nitrogen and oxygen atoms in total. The quantitative estimate of drug-likeness (QED) is 0.594. The summed E-state index contributed by atoms with van der Waals surface area (Å²) in [5.41, 5.74) is 9.74. The van der Waals surface area contributed by atoms with Crippen LogP contribution in [0.4, 0.5) is 0 Å². The molecule has 1 aliphatic carbocycles. The van der Waals surface area contributed by atoms with Crippen LogP contribution in [0.2, 0.25) is 0 Å². The Hall–Kier alpha value is -2.14. The zero-order chi connectivity index (χ0) is 18.6. The molecule has 4 rings (SSSR count). The minimum Gasteiger partial charge on any atom is -0.337 e. The van der Waals surface area contributed by atoms with Crippen molar-refractivity contribution in [3.63, 3.8) is 0 Å². The highest BCUT2D eigenvalue weighted by molar-refractivity contribution is 6.06. The van der Waals surface area contributed by atoms with E-state index in [9.17, 15) is 4.79 Å². The Balaban J connectivity index is 0.00000150. The lowest BCUT2D eigenvalue weighted by Crippen LogP contribution is -2.37. The van der Waals surface area contributed by atoms with Crippen LogP contribution >= 0.6 is 24.8 Å². The first kappa shape index (κ1) is 23.1. The maximum atomic E-state index is 13.4. The van der Waals surface area contributed by atoms with Crippen LogP contribution in [0.3, 0.4) is 0 Å². The number of amides is 1. The molecule has 1 amide bonds. The lowest BCUT2D eigenvalue weighted by molar-refractivity contribution is 0.0764. The average molecular weight is 432 g/mol. The van der Waals surface area contributed by atoms with E-state index in [2.05, 4.69) is 12.1 Å². The summed E-state index contributed by atoms with van der Waals surface area (Å²) in [4.78, 5) is 20.1. The Bertz CT molecular complexity index is 945. The molecule has 1 saturated carbocycles. The van der Waals surface area contributed by atoms with Gasteiger partial charge in [0.2, 0.25) is 0 Å². The molecule has 0 unspecified atom stereocenters. The molecule has 1 aliphatic rings. The zero-order valence-corrected chi connectivity index (χ0v) is 17.9. The van der Waals surface area contributed by atoms with E-state index in [1.165, 1.54) is 18.4 Å². The summed E-state index contributed by atoms with van der Waals surface area (Å²) in [5.74, 6) is 0.560. The predicted molar refractivity (Wildman–Crippen MR) is 123 cm³/mol. The minimum absolute atomic E-state index is 0. The summed E-state index contributed by atoms with van der Waals surface area (Å²) in [6.07, 6.45) is 3.16. The van der Waals surface area contributed by atoms with Gasteiger partial charge in [0.05, 0.1) is 11.1 Å². The van der Waals surface area contributed by atoms with E-state index in [0.29, 0.717) is 25.6 Å². The third-order valence-electron chi connectivity index (χ3n) is 5.16. The number of hydrogen-bond acceptors (Lipinski definition) is 3. The fourth-order valence-electron chi connectivity index (χ4n) is 3.51. The van der Waals surface area contributed by atoms with Crippen LogP contribution in [0.25, 0.3) is 10.9 Å². The monoisotopic (exact) mass is 431 g/mol. The summed E-state index contributed by atoms with van der Waals surface area (Å²) in [6, 6.07) is 20.2. The van der Waals surface area contributed by atoms with E-state index >= 15 is 0 Å². The number of carbonyl (C=O) groups excluding carboxylic acids is 1.